The molecule has 2 fully saturated rings. The number of para-hydroxylation sites is 1. The van der Waals surface area contributed by atoms with Crippen LogP contribution in [0.2, 0.25) is 0 Å². The second-order valence-corrected chi connectivity index (χ2v) is 11.5. The van der Waals surface area contributed by atoms with Gasteiger partial charge in [0.25, 0.3) is 0 Å². The number of likely N-dealkylation sites (N-methyl/N-ethyl adjacent to an activating group) is 1. The number of aryl methyl sites for hydroxylation is 2. The monoisotopic (exact) mass is 558 g/mol. The third-order valence-electron chi connectivity index (χ3n) is 8.20. The van der Waals surface area contributed by atoms with Gasteiger partial charge in [-0.05, 0) is 51.5 Å². The van der Waals surface area contributed by atoms with E-state index in [9.17, 15) is 22.8 Å². The smallest absolute Gasteiger partial charge is 0.368 e. The first kappa shape index (κ1) is 28.4. The highest BCUT2D eigenvalue weighted by Gasteiger charge is 2.49. The van der Waals surface area contributed by atoms with Crippen molar-refractivity contribution in [1.29, 1.82) is 0 Å². The number of carbonyl (C=O) groups excluding carboxylic acids is 2. The second kappa shape index (κ2) is 10.7. The minimum absolute atomic E-state index is 0.0562. The molecule has 11 heteroatoms. The minimum atomic E-state index is -4.60. The third kappa shape index (κ3) is 5.41. The van der Waals surface area contributed by atoms with Gasteiger partial charge in [-0.3, -0.25) is 19.4 Å². The van der Waals surface area contributed by atoms with Crippen LogP contribution in [0.15, 0.2) is 30.3 Å². The molecular weight excluding hydrogens is 521 g/mol. The molecular formula is C29H37F3N6O2. The van der Waals surface area contributed by atoms with Crippen molar-refractivity contribution in [3.8, 4) is 0 Å². The molecule has 216 valence electrons. The molecule has 40 heavy (non-hydrogen) atoms. The van der Waals surface area contributed by atoms with Gasteiger partial charge < -0.3 is 15.1 Å². The molecule has 0 saturated carbocycles. The molecule has 0 radical (unpaired) electrons. The number of halogens is 3. The minimum Gasteiger partial charge on any atom is -0.368 e. The van der Waals surface area contributed by atoms with Crippen LogP contribution in [0.3, 0.4) is 0 Å². The Labute approximate surface area is 233 Å². The summed E-state index contributed by atoms with van der Waals surface area (Å²) >= 11 is 0. The fourth-order valence-corrected chi connectivity index (χ4v) is 6.59. The molecule has 8 nitrogen and oxygen atoms in total. The van der Waals surface area contributed by atoms with E-state index in [-0.39, 0.29) is 23.8 Å². The summed E-state index contributed by atoms with van der Waals surface area (Å²) in [7, 11) is 1.67. The zero-order chi connectivity index (χ0) is 28.9. The fraction of sp³-hybridized carbons (Fsp3) is 0.552. The number of rotatable bonds is 4. The van der Waals surface area contributed by atoms with Gasteiger partial charge in [0.1, 0.15) is 11.9 Å². The van der Waals surface area contributed by atoms with Gasteiger partial charge in [0, 0.05) is 69.9 Å². The van der Waals surface area contributed by atoms with Crippen LogP contribution in [0.25, 0.3) is 0 Å². The highest BCUT2D eigenvalue weighted by Crippen LogP contribution is 2.41. The van der Waals surface area contributed by atoms with E-state index in [0.29, 0.717) is 25.2 Å². The summed E-state index contributed by atoms with van der Waals surface area (Å²) in [6.45, 7) is 11.6. The highest BCUT2D eigenvalue weighted by molar-refractivity contribution is 6.10. The van der Waals surface area contributed by atoms with Gasteiger partial charge in [-0.2, -0.15) is 13.2 Å². The lowest BCUT2D eigenvalue weighted by Crippen LogP contribution is -2.56. The number of anilines is 3. The number of fused-ring (bicyclic) bond motifs is 2. The first-order valence-corrected chi connectivity index (χ1v) is 13.8. The van der Waals surface area contributed by atoms with Crippen molar-refractivity contribution < 1.29 is 22.8 Å². The standard InChI is InChI=1S/C29H37F3N6O2/c1-17-7-6-8-23-26(17)37(10-9-36-14-19(3)33-20(4)15-36)16-21-12-25(39)38(27(21)28(40)35(23)5)24-13-22(29(30,31)32)11-18(2)34-24/h6-8,11,13,19-21,27,33H,9-10,12,14-16H2,1-5H3/t19-,20+,21-,27+/m1/s1. The summed E-state index contributed by atoms with van der Waals surface area (Å²) in [6, 6.07) is 7.42. The summed E-state index contributed by atoms with van der Waals surface area (Å²) in [5.74, 6) is -1.26. The number of nitrogens with zero attached hydrogens (tertiary/aromatic N) is 5. The average Bonchev–Trinajstić information content (AvgIpc) is 3.18. The molecule has 0 unspecified atom stereocenters. The lowest BCUT2D eigenvalue weighted by atomic mass is 9.95. The molecule has 2 amide bonds. The Morgan fingerprint density at radius 2 is 1.73 bits per heavy atom. The third-order valence-corrected chi connectivity index (χ3v) is 8.20. The van der Waals surface area contributed by atoms with Crippen LogP contribution in [0.4, 0.5) is 30.4 Å². The number of aromatic nitrogens is 1. The SMILES string of the molecule is Cc1cc(C(F)(F)F)cc(N2C(=O)C[C@@H]3CN(CCN4C[C@@H](C)N[C@@H](C)C4)c4c(C)cccc4N(C)C(=O)[C@H]32)n1. The van der Waals surface area contributed by atoms with E-state index in [0.717, 1.165) is 48.7 Å². The van der Waals surface area contributed by atoms with Crippen molar-refractivity contribution in [2.24, 2.45) is 5.92 Å². The predicted octanol–water partition coefficient (Wildman–Crippen LogP) is 3.60. The van der Waals surface area contributed by atoms with E-state index in [2.05, 4.69) is 33.9 Å². The van der Waals surface area contributed by atoms with Gasteiger partial charge in [-0.15, -0.1) is 0 Å². The molecule has 4 heterocycles. The number of hydrogen-bond acceptors (Lipinski definition) is 6. The normalized spacial score (nSPS) is 26.1. The molecule has 3 aliphatic heterocycles. The van der Waals surface area contributed by atoms with Crippen LogP contribution < -0.4 is 20.0 Å². The molecule has 3 aliphatic rings. The number of carbonyl (C=O) groups is 2. The fourth-order valence-electron chi connectivity index (χ4n) is 6.59. The largest absolute Gasteiger partial charge is 0.416 e. The Kier molecular flexibility index (Phi) is 7.56. The summed E-state index contributed by atoms with van der Waals surface area (Å²) in [5.41, 5.74) is 1.94. The van der Waals surface area contributed by atoms with E-state index in [1.807, 2.05) is 25.1 Å². The van der Waals surface area contributed by atoms with Crippen molar-refractivity contribution in [3.05, 3.63) is 47.2 Å². The van der Waals surface area contributed by atoms with Gasteiger partial charge >= 0.3 is 6.18 Å². The Balaban J connectivity index is 1.52. The van der Waals surface area contributed by atoms with Gasteiger partial charge in [-0.1, -0.05) is 12.1 Å². The first-order valence-electron chi connectivity index (χ1n) is 13.8. The van der Waals surface area contributed by atoms with Crippen molar-refractivity contribution in [3.63, 3.8) is 0 Å². The Bertz CT molecular complexity index is 1290. The number of piperazine rings is 1. The predicted molar refractivity (Wildman–Crippen MR) is 149 cm³/mol. The van der Waals surface area contributed by atoms with Crippen molar-refractivity contribution >= 4 is 29.0 Å². The molecule has 1 aromatic heterocycles. The maximum Gasteiger partial charge on any atom is 0.416 e. The van der Waals surface area contributed by atoms with Crippen LogP contribution in [0.1, 0.15) is 37.1 Å². The van der Waals surface area contributed by atoms with Gasteiger partial charge in [0.2, 0.25) is 11.8 Å². The highest BCUT2D eigenvalue weighted by atomic mass is 19.4. The molecule has 2 aromatic rings. The van der Waals surface area contributed by atoms with Crippen LogP contribution in [-0.4, -0.2) is 79.6 Å². The Morgan fingerprint density at radius 1 is 1.02 bits per heavy atom. The van der Waals surface area contributed by atoms with Crippen molar-refractivity contribution in [2.45, 2.75) is 58.4 Å². The maximum atomic E-state index is 14.0. The molecule has 0 bridgehead atoms. The summed E-state index contributed by atoms with van der Waals surface area (Å²) in [4.78, 5) is 39.1. The quantitative estimate of drug-likeness (QED) is 0.619. The van der Waals surface area contributed by atoms with Crippen LogP contribution in [0, 0.1) is 19.8 Å². The molecule has 2 saturated heterocycles. The van der Waals surface area contributed by atoms with E-state index in [4.69, 9.17) is 0 Å². The zero-order valence-electron chi connectivity index (χ0n) is 23.6. The van der Waals surface area contributed by atoms with E-state index in [1.54, 1.807) is 11.9 Å². The number of nitrogens with one attached hydrogen (secondary N) is 1. The molecule has 5 rings (SSSR count). The van der Waals surface area contributed by atoms with Crippen LogP contribution >= 0.6 is 0 Å². The number of pyridine rings is 1. The van der Waals surface area contributed by atoms with Crippen LogP contribution in [0.5, 0.6) is 0 Å². The van der Waals surface area contributed by atoms with Gasteiger partial charge in [0.15, 0.2) is 0 Å². The van der Waals surface area contributed by atoms with Gasteiger partial charge in [-0.25, -0.2) is 4.98 Å². The van der Waals surface area contributed by atoms with E-state index in [1.165, 1.54) is 11.8 Å². The molecule has 0 aliphatic carbocycles. The van der Waals surface area contributed by atoms with E-state index >= 15 is 0 Å². The number of alkyl halides is 3. The maximum absolute atomic E-state index is 14.0. The Morgan fingerprint density at radius 3 is 2.40 bits per heavy atom. The summed E-state index contributed by atoms with van der Waals surface area (Å²) in [5, 5.41) is 3.55. The number of amides is 2. The number of benzene rings is 1. The Hall–Kier alpha value is -3.18. The summed E-state index contributed by atoms with van der Waals surface area (Å²) < 4.78 is 40.9. The second-order valence-electron chi connectivity index (χ2n) is 11.5. The topological polar surface area (TPSA) is 72.0 Å². The summed E-state index contributed by atoms with van der Waals surface area (Å²) in [6.07, 6.45) is -4.54. The van der Waals surface area contributed by atoms with Gasteiger partial charge in [0.05, 0.1) is 16.9 Å². The van der Waals surface area contributed by atoms with E-state index < -0.39 is 29.6 Å². The van der Waals surface area contributed by atoms with Crippen molar-refractivity contribution in [2.75, 3.05) is 54.5 Å². The van der Waals surface area contributed by atoms with Crippen LogP contribution in [-0.2, 0) is 15.8 Å². The number of hydrogen-bond donors (Lipinski definition) is 1. The lowest BCUT2D eigenvalue weighted by Gasteiger charge is -2.41. The molecule has 1 N–H and O–H groups in total. The average molecular weight is 559 g/mol. The first-order chi connectivity index (χ1) is 18.8. The molecule has 4 atom stereocenters. The van der Waals surface area contributed by atoms with Crippen molar-refractivity contribution in [1.82, 2.24) is 15.2 Å². The molecule has 1 aromatic carbocycles. The zero-order valence-corrected chi connectivity index (χ0v) is 23.6. The lowest BCUT2D eigenvalue weighted by molar-refractivity contribution is -0.137. The molecule has 0 spiro atoms.